The van der Waals surface area contributed by atoms with Crippen LogP contribution in [0.4, 0.5) is 10.5 Å². The van der Waals surface area contributed by atoms with Crippen molar-refractivity contribution in [1.29, 1.82) is 0 Å². The van der Waals surface area contributed by atoms with Crippen LogP contribution in [0, 0.1) is 0 Å². The van der Waals surface area contributed by atoms with Gasteiger partial charge in [-0.25, -0.2) is 9.59 Å². The zero-order valence-electron chi connectivity index (χ0n) is 20.2. The molecular weight excluding hydrogens is 452 g/mol. The Kier molecular flexibility index (Phi) is 6.45. The first-order chi connectivity index (χ1) is 17.6. The number of urea groups is 1. The second-order valence-electron chi connectivity index (χ2n) is 8.60. The van der Waals surface area contributed by atoms with Gasteiger partial charge in [-0.3, -0.25) is 15.3 Å². The summed E-state index contributed by atoms with van der Waals surface area (Å²) in [5.74, 6) is 0.125. The average Bonchev–Trinajstić information content (AvgIpc) is 3.35. The van der Waals surface area contributed by atoms with E-state index in [-0.39, 0.29) is 18.7 Å². The van der Waals surface area contributed by atoms with E-state index in [9.17, 15) is 9.59 Å². The standard InChI is InChI=1S/C29H28N4O3/c1-3-36-28(34)26-20(2)30-29(35)32(27(26)22-15-9-5-10-16-22)25-19-24(21-13-7-4-8-14-21)33(31-25)23-17-11-6-12-18-23/h4-19,24,27,31H,3H2,1-2H3,(H,30,35). The maximum atomic E-state index is 13.5. The summed E-state index contributed by atoms with van der Waals surface area (Å²) in [6.07, 6.45) is 2.02. The maximum absolute atomic E-state index is 13.5. The Bertz CT molecular complexity index is 1310. The van der Waals surface area contributed by atoms with Gasteiger partial charge in [-0.05, 0) is 43.2 Å². The number of nitrogens with one attached hydrogen (secondary N) is 2. The Morgan fingerprint density at radius 2 is 1.47 bits per heavy atom. The van der Waals surface area contributed by atoms with Gasteiger partial charge in [-0.1, -0.05) is 78.9 Å². The number of nitrogens with zero attached hydrogens (tertiary/aromatic N) is 2. The molecule has 0 spiro atoms. The Hall–Kier alpha value is -4.52. The van der Waals surface area contributed by atoms with E-state index in [1.54, 1.807) is 18.7 Å². The number of hydrogen-bond donors (Lipinski definition) is 2. The molecule has 2 unspecified atom stereocenters. The summed E-state index contributed by atoms with van der Waals surface area (Å²) >= 11 is 0. The molecule has 2 amide bonds. The lowest BCUT2D eigenvalue weighted by Gasteiger charge is -2.38. The van der Waals surface area contributed by atoms with E-state index in [1.807, 2.05) is 89.9 Å². The first-order valence-electron chi connectivity index (χ1n) is 12.0. The molecule has 0 saturated heterocycles. The molecule has 7 heteroatoms. The van der Waals surface area contributed by atoms with Crippen molar-refractivity contribution in [2.75, 3.05) is 11.6 Å². The predicted octanol–water partition coefficient (Wildman–Crippen LogP) is 5.20. The molecule has 182 valence electrons. The van der Waals surface area contributed by atoms with Crippen LogP contribution in [0.1, 0.15) is 37.1 Å². The number of ether oxygens (including phenoxy) is 1. The summed E-state index contributed by atoms with van der Waals surface area (Å²) in [6, 6.07) is 28.4. The smallest absolute Gasteiger partial charge is 0.338 e. The second kappa shape index (κ2) is 10.00. The fourth-order valence-electron chi connectivity index (χ4n) is 4.71. The van der Waals surface area contributed by atoms with Gasteiger partial charge in [0.2, 0.25) is 0 Å². The van der Waals surface area contributed by atoms with Crippen LogP contribution in [-0.4, -0.2) is 23.5 Å². The molecule has 0 aromatic heterocycles. The van der Waals surface area contributed by atoms with Crippen molar-refractivity contribution in [3.05, 3.63) is 125 Å². The van der Waals surface area contributed by atoms with Crippen molar-refractivity contribution < 1.29 is 14.3 Å². The summed E-state index contributed by atoms with van der Waals surface area (Å²) in [7, 11) is 0. The van der Waals surface area contributed by atoms with E-state index in [0.29, 0.717) is 17.1 Å². The minimum absolute atomic E-state index is 0.175. The van der Waals surface area contributed by atoms with Crippen LogP contribution in [0.5, 0.6) is 0 Å². The lowest BCUT2D eigenvalue weighted by atomic mass is 9.93. The first-order valence-corrected chi connectivity index (χ1v) is 12.0. The molecule has 0 aliphatic carbocycles. The van der Waals surface area contributed by atoms with Crippen LogP contribution in [0.15, 0.2) is 114 Å². The van der Waals surface area contributed by atoms with Crippen molar-refractivity contribution in [2.45, 2.75) is 25.9 Å². The Morgan fingerprint density at radius 3 is 2.08 bits per heavy atom. The van der Waals surface area contributed by atoms with Crippen molar-refractivity contribution in [3.8, 4) is 0 Å². The van der Waals surface area contributed by atoms with Crippen molar-refractivity contribution >= 4 is 17.7 Å². The number of hydrogen-bond acceptors (Lipinski definition) is 5. The van der Waals surface area contributed by atoms with Crippen LogP contribution in [0.3, 0.4) is 0 Å². The molecule has 7 nitrogen and oxygen atoms in total. The summed E-state index contributed by atoms with van der Waals surface area (Å²) < 4.78 is 5.41. The Morgan fingerprint density at radius 1 is 0.889 bits per heavy atom. The fraction of sp³-hybridized carbons (Fsp3) is 0.172. The summed E-state index contributed by atoms with van der Waals surface area (Å²) in [5.41, 5.74) is 7.16. The highest BCUT2D eigenvalue weighted by molar-refractivity contribution is 5.95. The topological polar surface area (TPSA) is 73.9 Å². The van der Waals surface area contributed by atoms with Gasteiger partial charge in [0.15, 0.2) is 0 Å². The minimum atomic E-state index is -0.662. The number of carbonyl (C=O) groups is 2. The van der Waals surface area contributed by atoms with E-state index in [2.05, 4.69) is 22.9 Å². The van der Waals surface area contributed by atoms with Crippen molar-refractivity contribution in [3.63, 3.8) is 0 Å². The van der Waals surface area contributed by atoms with Gasteiger partial charge in [0.25, 0.3) is 0 Å². The average molecular weight is 481 g/mol. The van der Waals surface area contributed by atoms with Crippen LogP contribution in [-0.2, 0) is 9.53 Å². The van der Waals surface area contributed by atoms with Crippen LogP contribution in [0.2, 0.25) is 0 Å². The Labute approximate surface area is 210 Å². The molecular formula is C29H28N4O3. The molecule has 36 heavy (non-hydrogen) atoms. The van der Waals surface area contributed by atoms with Crippen molar-refractivity contribution in [2.24, 2.45) is 0 Å². The number of hydrazine groups is 1. The SMILES string of the molecule is CCOC(=O)C1=C(C)NC(=O)N(C2=CC(c3ccccc3)N(c3ccccc3)N2)C1c1ccccc1. The van der Waals surface area contributed by atoms with Gasteiger partial charge in [0.1, 0.15) is 5.82 Å². The van der Waals surface area contributed by atoms with Crippen molar-refractivity contribution in [1.82, 2.24) is 15.6 Å². The van der Waals surface area contributed by atoms with Gasteiger partial charge in [0, 0.05) is 5.70 Å². The number of anilines is 1. The number of carbonyl (C=O) groups excluding carboxylic acids is 2. The zero-order chi connectivity index (χ0) is 25.1. The highest BCUT2D eigenvalue weighted by Crippen LogP contribution is 2.40. The number of amides is 2. The van der Waals surface area contributed by atoms with E-state index >= 15 is 0 Å². The number of para-hydroxylation sites is 1. The molecule has 3 aromatic carbocycles. The number of benzene rings is 3. The van der Waals surface area contributed by atoms with E-state index in [0.717, 1.165) is 16.8 Å². The van der Waals surface area contributed by atoms with Gasteiger partial charge in [0.05, 0.1) is 30.0 Å². The van der Waals surface area contributed by atoms with Gasteiger partial charge < -0.3 is 10.1 Å². The molecule has 0 saturated carbocycles. The molecule has 0 radical (unpaired) electrons. The summed E-state index contributed by atoms with van der Waals surface area (Å²) in [6.45, 7) is 3.74. The Balaban J connectivity index is 1.62. The second-order valence-corrected chi connectivity index (χ2v) is 8.60. The molecule has 0 bridgehead atoms. The lowest BCUT2D eigenvalue weighted by molar-refractivity contribution is -0.139. The number of rotatable bonds is 6. The molecule has 2 aliphatic heterocycles. The first kappa shape index (κ1) is 23.2. The molecule has 3 aromatic rings. The van der Waals surface area contributed by atoms with E-state index in [4.69, 9.17) is 4.74 Å². The van der Waals surface area contributed by atoms with Crippen LogP contribution < -0.4 is 15.8 Å². The molecule has 2 N–H and O–H groups in total. The highest BCUT2D eigenvalue weighted by Gasteiger charge is 2.43. The molecule has 2 heterocycles. The van der Waals surface area contributed by atoms with Crippen LogP contribution >= 0.6 is 0 Å². The minimum Gasteiger partial charge on any atom is -0.463 e. The number of allylic oxidation sites excluding steroid dienone is 1. The highest BCUT2D eigenvalue weighted by atomic mass is 16.5. The molecule has 2 atom stereocenters. The zero-order valence-corrected chi connectivity index (χ0v) is 20.2. The van der Waals surface area contributed by atoms with E-state index in [1.165, 1.54) is 0 Å². The summed E-state index contributed by atoms with van der Waals surface area (Å²) in [5, 5.41) is 4.89. The monoisotopic (exact) mass is 480 g/mol. The summed E-state index contributed by atoms with van der Waals surface area (Å²) in [4.78, 5) is 28.2. The third kappa shape index (κ3) is 4.31. The molecule has 2 aliphatic rings. The predicted molar refractivity (Wildman–Crippen MR) is 138 cm³/mol. The van der Waals surface area contributed by atoms with Gasteiger partial charge in [-0.15, -0.1) is 0 Å². The third-order valence-electron chi connectivity index (χ3n) is 6.32. The quantitative estimate of drug-likeness (QED) is 0.475. The molecule has 0 fully saturated rings. The van der Waals surface area contributed by atoms with Gasteiger partial charge in [-0.2, -0.15) is 0 Å². The fourth-order valence-corrected chi connectivity index (χ4v) is 4.71. The van der Waals surface area contributed by atoms with Gasteiger partial charge >= 0.3 is 12.0 Å². The lowest BCUT2D eigenvalue weighted by Crippen LogP contribution is -2.51. The number of esters is 1. The third-order valence-corrected chi connectivity index (χ3v) is 6.32. The van der Waals surface area contributed by atoms with E-state index < -0.39 is 12.0 Å². The van der Waals surface area contributed by atoms with Crippen LogP contribution in [0.25, 0.3) is 0 Å². The normalized spacial score (nSPS) is 19.5. The maximum Gasteiger partial charge on any atom is 0.338 e. The largest absolute Gasteiger partial charge is 0.463 e. The molecule has 5 rings (SSSR count).